The Bertz CT molecular complexity index is 683. The molecule has 4 nitrogen and oxygen atoms in total. The van der Waals surface area contributed by atoms with Crippen molar-refractivity contribution in [3.05, 3.63) is 39.3 Å². The zero-order valence-electron chi connectivity index (χ0n) is 9.15. The van der Waals surface area contributed by atoms with Gasteiger partial charge in [0.05, 0.1) is 5.02 Å². The highest BCUT2D eigenvalue weighted by atomic mass is 35.5. The quantitative estimate of drug-likeness (QED) is 0.939. The summed E-state index contributed by atoms with van der Waals surface area (Å²) >= 11 is 12.9. The van der Waals surface area contributed by atoms with Crippen molar-refractivity contribution < 1.29 is 8.42 Å². The van der Waals surface area contributed by atoms with Crippen LogP contribution in [0, 0.1) is 6.92 Å². The molecule has 0 saturated carbocycles. The van der Waals surface area contributed by atoms with Crippen LogP contribution in [0.4, 0.5) is 5.13 Å². The minimum atomic E-state index is -3.77. The zero-order chi connectivity index (χ0) is 13.3. The van der Waals surface area contributed by atoms with Crippen molar-refractivity contribution in [2.24, 2.45) is 0 Å². The average Bonchev–Trinajstić information content (AvgIpc) is 2.66. The summed E-state index contributed by atoms with van der Waals surface area (Å²) in [6.07, 6.45) is 1.59. The van der Waals surface area contributed by atoms with E-state index < -0.39 is 10.0 Å². The molecule has 2 rings (SSSR count). The number of halogens is 2. The van der Waals surface area contributed by atoms with Gasteiger partial charge in [-0.3, -0.25) is 4.72 Å². The Kier molecular flexibility index (Phi) is 3.82. The second-order valence-electron chi connectivity index (χ2n) is 3.46. The maximum atomic E-state index is 12.1. The van der Waals surface area contributed by atoms with Crippen molar-refractivity contribution in [3.8, 4) is 0 Å². The fourth-order valence-corrected chi connectivity index (χ4v) is 3.93. The first-order valence-corrected chi connectivity index (χ1v) is 7.84. The monoisotopic (exact) mass is 322 g/mol. The smallest absolute Gasteiger partial charge is 0.255 e. The molecule has 0 saturated heterocycles. The van der Waals surface area contributed by atoms with Crippen molar-refractivity contribution in [1.29, 1.82) is 0 Å². The standard InChI is InChI=1S/C10H8Cl2N2O2S2/c1-6-5-13-10(17-6)14-18(15,16)9-4-7(11)2-3-8(9)12/h2-5H,1H3,(H,13,14). The number of benzene rings is 1. The van der Waals surface area contributed by atoms with E-state index in [0.717, 1.165) is 4.88 Å². The zero-order valence-corrected chi connectivity index (χ0v) is 12.3. The highest BCUT2D eigenvalue weighted by Crippen LogP contribution is 2.27. The van der Waals surface area contributed by atoms with Crippen molar-refractivity contribution >= 4 is 49.7 Å². The highest BCUT2D eigenvalue weighted by molar-refractivity contribution is 7.93. The molecule has 0 spiro atoms. The first-order chi connectivity index (χ1) is 8.38. The van der Waals surface area contributed by atoms with Gasteiger partial charge in [0.25, 0.3) is 10.0 Å². The van der Waals surface area contributed by atoms with Crippen LogP contribution >= 0.6 is 34.5 Å². The van der Waals surface area contributed by atoms with Crippen LogP contribution in [0.15, 0.2) is 29.3 Å². The lowest BCUT2D eigenvalue weighted by Gasteiger charge is -2.07. The van der Waals surface area contributed by atoms with Crippen LogP contribution in [-0.2, 0) is 10.0 Å². The Balaban J connectivity index is 2.39. The summed E-state index contributed by atoms with van der Waals surface area (Å²) in [5.41, 5.74) is 0. The van der Waals surface area contributed by atoms with Gasteiger partial charge in [0.15, 0.2) is 5.13 Å². The largest absolute Gasteiger partial charge is 0.265 e. The van der Waals surface area contributed by atoms with E-state index in [0.29, 0.717) is 10.2 Å². The number of nitrogens with one attached hydrogen (secondary N) is 1. The van der Waals surface area contributed by atoms with Crippen LogP contribution in [0.25, 0.3) is 0 Å². The number of sulfonamides is 1. The number of nitrogens with zero attached hydrogens (tertiary/aromatic N) is 1. The Morgan fingerprint density at radius 1 is 1.33 bits per heavy atom. The lowest BCUT2D eigenvalue weighted by atomic mass is 10.4. The van der Waals surface area contributed by atoms with E-state index in [1.54, 1.807) is 6.20 Å². The summed E-state index contributed by atoms with van der Waals surface area (Å²) in [6.45, 7) is 1.84. The van der Waals surface area contributed by atoms with Crippen molar-refractivity contribution in [3.63, 3.8) is 0 Å². The van der Waals surface area contributed by atoms with Crippen LogP contribution in [0.2, 0.25) is 10.0 Å². The molecule has 0 aliphatic rings. The number of aromatic nitrogens is 1. The number of hydrogen-bond acceptors (Lipinski definition) is 4. The first-order valence-electron chi connectivity index (χ1n) is 4.79. The summed E-state index contributed by atoms with van der Waals surface area (Å²) in [5.74, 6) is 0. The summed E-state index contributed by atoms with van der Waals surface area (Å²) in [4.78, 5) is 4.77. The Hall–Kier alpha value is -0.820. The van der Waals surface area contributed by atoms with Crippen LogP contribution in [-0.4, -0.2) is 13.4 Å². The molecular formula is C10H8Cl2N2O2S2. The molecule has 2 aromatic rings. The maximum absolute atomic E-state index is 12.1. The van der Waals surface area contributed by atoms with E-state index in [4.69, 9.17) is 23.2 Å². The predicted molar refractivity (Wildman–Crippen MR) is 74.1 cm³/mol. The third-order valence-corrected chi connectivity index (χ3v) is 5.04. The molecule has 0 atom stereocenters. The van der Waals surface area contributed by atoms with Crippen LogP contribution in [0.5, 0.6) is 0 Å². The molecule has 1 aromatic carbocycles. The maximum Gasteiger partial charge on any atom is 0.265 e. The second kappa shape index (κ2) is 5.05. The van der Waals surface area contributed by atoms with Crippen LogP contribution < -0.4 is 4.72 Å². The van der Waals surface area contributed by atoms with Gasteiger partial charge < -0.3 is 0 Å². The molecule has 1 aromatic heterocycles. The molecule has 0 fully saturated rings. The number of hydrogen-bond donors (Lipinski definition) is 1. The van der Waals surface area contributed by atoms with E-state index in [1.807, 2.05) is 6.92 Å². The minimum absolute atomic E-state index is 0.0653. The van der Waals surface area contributed by atoms with Crippen LogP contribution in [0.1, 0.15) is 4.88 Å². The molecule has 96 valence electrons. The van der Waals surface area contributed by atoms with Crippen molar-refractivity contribution in [2.75, 3.05) is 4.72 Å². The fraction of sp³-hybridized carbons (Fsp3) is 0.100. The van der Waals surface area contributed by atoms with Gasteiger partial charge >= 0.3 is 0 Å². The molecule has 1 heterocycles. The summed E-state index contributed by atoms with van der Waals surface area (Å²) in [6, 6.07) is 4.26. The fourth-order valence-electron chi connectivity index (χ4n) is 1.25. The van der Waals surface area contributed by atoms with Gasteiger partial charge in [0.1, 0.15) is 4.90 Å². The molecule has 0 bridgehead atoms. The van der Waals surface area contributed by atoms with E-state index in [1.165, 1.54) is 29.5 Å². The van der Waals surface area contributed by atoms with Crippen molar-refractivity contribution in [2.45, 2.75) is 11.8 Å². The van der Waals surface area contributed by atoms with Gasteiger partial charge in [-0.25, -0.2) is 13.4 Å². The minimum Gasteiger partial charge on any atom is -0.255 e. The topological polar surface area (TPSA) is 59.1 Å². The van der Waals surface area contributed by atoms with E-state index in [2.05, 4.69) is 9.71 Å². The Labute approximate surface area is 119 Å². The van der Waals surface area contributed by atoms with Gasteiger partial charge in [-0.15, -0.1) is 11.3 Å². The summed E-state index contributed by atoms with van der Waals surface area (Å²) < 4.78 is 26.6. The Morgan fingerprint density at radius 3 is 2.67 bits per heavy atom. The normalized spacial score (nSPS) is 11.5. The Morgan fingerprint density at radius 2 is 2.06 bits per heavy atom. The van der Waals surface area contributed by atoms with Gasteiger partial charge in [0.2, 0.25) is 0 Å². The molecule has 0 amide bonds. The van der Waals surface area contributed by atoms with Gasteiger partial charge in [-0.1, -0.05) is 23.2 Å². The van der Waals surface area contributed by atoms with E-state index >= 15 is 0 Å². The molecule has 0 unspecified atom stereocenters. The van der Waals surface area contributed by atoms with Crippen LogP contribution in [0.3, 0.4) is 0 Å². The molecule has 0 aliphatic heterocycles. The van der Waals surface area contributed by atoms with Gasteiger partial charge in [-0.2, -0.15) is 0 Å². The molecule has 0 radical (unpaired) electrons. The third kappa shape index (κ3) is 2.95. The summed E-state index contributed by atoms with van der Waals surface area (Å²) in [7, 11) is -3.77. The molecule has 0 aliphatic carbocycles. The number of anilines is 1. The highest BCUT2D eigenvalue weighted by Gasteiger charge is 2.19. The summed E-state index contributed by atoms with van der Waals surface area (Å²) in [5, 5.41) is 0.707. The van der Waals surface area contributed by atoms with E-state index in [-0.39, 0.29) is 9.92 Å². The molecule has 18 heavy (non-hydrogen) atoms. The number of rotatable bonds is 3. The third-order valence-electron chi connectivity index (χ3n) is 2.03. The lowest BCUT2D eigenvalue weighted by Crippen LogP contribution is -2.13. The van der Waals surface area contributed by atoms with E-state index in [9.17, 15) is 8.42 Å². The molecular weight excluding hydrogens is 315 g/mol. The first kappa shape index (κ1) is 13.6. The van der Waals surface area contributed by atoms with Gasteiger partial charge in [0, 0.05) is 16.1 Å². The molecule has 1 N–H and O–H groups in total. The second-order valence-corrected chi connectivity index (χ2v) is 7.19. The predicted octanol–water partition coefficient (Wildman–Crippen LogP) is 3.56. The number of aryl methyl sites for hydroxylation is 1. The molecule has 8 heteroatoms. The number of thiazole rings is 1. The van der Waals surface area contributed by atoms with Crippen molar-refractivity contribution in [1.82, 2.24) is 4.98 Å². The SMILES string of the molecule is Cc1cnc(NS(=O)(=O)c2cc(Cl)ccc2Cl)s1. The van der Waals surface area contributed by atoms with Gasteiger partial charge in [-0.05, 0) is 25.1 Å². The lowest BCUT2D eigenvalue weighted by molar-refractivity contribution is 0.601. The average molecular weight is 323 g/mol.